The van der Waals surface area contributed by atoms with Crippen molar-refractivity contribution in [3.05, 3.63) is 46.5 Å². The predicted octanol–water partition coefficient (Wildman–Crippen LogP) is 2.89. The minimum absolute atomic E-state index is 0.912. The highest BCUT2D eigenvalue weighted by atomic mass is 32.1. The monoisotopic (exact) mass is 228 g/mol. The summed E-state index contributed by atoms with van der Waals surface area (Å²) in [7, 11) is 1.87. The second-order valence-corrected chi connectivity index (χ2v) is 4.30. The van der Waals surface area contributed by atoms with Crippen LogP contribution in [-0.4, -0.2) is 12.0 Å². The molecule has 3 heteroatoms. The fraction of sp³-hybridized carbons (Fsp3) is 0.154. The quantitative estimate of drug-likeness (QED) is 0.759. The second-order valence-electron chi connectivity index (χ2n) is 3.30. The summed E-state index contributed by atoms with van der Waals surface area (Å²) in [6.45, 7) is 1.98. The molecule has 16 heavy (non-hydrogen) atoms. The molecule has 80 valence electrons. The number of hydrogen-bond acceptors (Lipinski definition) is 3. The van der Waals surface area contributed by atoms with E-state index in [4.69, 9.17) is 0 Å². The molecule has 0 amide bonds. The van der Waals surface area contributed by atoms with Crippen molar-refractivity contribution in [3.8, 4) is 11.8 Å². The second kappa shape index (κ2) is 4.82. The molecule has 1 aromatic heterocycles. The van der Waals surface area contributed by atoms with Crippen LogP contribution in [0.15, 0.2) is 30.3 Å². The lowest BCUT2D eigenvalue weighted by molar-refractivity contribution is 1.24. The van der Waals surface area contributed by atoms with Crippen LogP contribution in [0.3, 0.4) is 0 Å². The zero-order valence-electron chi connectivity index (χ0n) is 9.24. The third kappa shape index (κ3) is 2.41. The summed E-state index contributed by atoms with van der Waals surface area (Å²) in [5.74, 6) is 6.28. The molecule has 0 saturated carbocycles. The highest BCUT2D eigenvalue weighted by Crippen LogP contribution is 2.20. The van der Waals surface area contributed by atoms with E-state index in [1.165, 1.54) is 0 Å². The van der Waals surface area contributed by atoms with Gasteiger partial charge >= 0.3 is 0 Å². The summed E-state index contributed by atoms with van der Waals surface area (Å²) in [5, 5.41) is 3.94. The van der Waals surface area contributed by atoms with Crippen LogP contribution in [-0.2, 0) is 0 Å². The maximum absolute atomic E-state index is 4.35. The minimum atomic E-state index is 0.912. The molecule has 0 saturated heterocycles. The third-order valence-corrected chi connectivity index (χ3v) is 3.19. The van der Waals surface area contributed by atoms with Crippen molar-refractivity contribution < 1.29 is 0 Å². The van der Waals surface area contributed by atoms with Gasteiger partial charge in [-0.2, -0.15) is 0 Å². The molecule has 0 aliphatic carbocycles. The molecule has 0 aliphatic rings. The summed E-state index contributed by atoms with van der Waals surface area (Å²) in [6.07, 6.45) is 0. The van der Waals surface area contributed by atoms with Gasteiger partial charge in [-0.1, -0.05) is 35.5 Å². The van der Waals surface area contributed by atoms with Gasteiger partial charge in [0.1, 0.15) is 4.88 Å². The summed E-state index contributed by atoms with van der Waals surface area (Å²) in [4.78, 5) is 5.37. The van der Waals surface area contributed by atoms with Crippen molar-refractivity contribution >= 4 is 16.5 Å². The van der Waals surface area contributed by atoms with Gasteiger partial charge in [-0.05, 0) is 25.0 Å². The van der Waals surface area contributed by atoms with Gasteiger partial charge in [0.15, 0.2) is 5.13 Å². The molecule has 0 radical (unpaired) electrons. The van der Waals surface area contributed by atoms with Crippen molar-refractivity contribution in [2.75, 3.05) is 12.4 Å². The third-order valence-electron chi connectivity index (χ3n) is 2.10. The van der Waals surface area contributed by atoms with Crippen molar-refractivity contribution in [1.29, 1.82) is 0 Å². The predicted molar refractivity (Wildman–Crippen MR) is 68.8 cm³/mol. The highest BCUT2D eigenvalue weighted by Gasteiger charge is 2.02. The molecule has 0 spiro atoms. The Morgan fingerprint density at radius 3 is 2.56 bits per heavy atom. The summed E-state index contributed by atoms with van der Waals surface area (Å²) in [6, 6.07) is 9.97. The van der Waals surface area contributed by atoms with Crippen LogP contribution in [0, 0.1) is 18.8 Å². The van der Waals surface area contributed by atoms with Crippen LogP contribution >= 0.6 is 11.3 Å². The normalized spacial score (nSPS) is 9.38. The number of nitrogens with zero attached hydrogens (tertiary/aromatic N) is 1. The largest absolute Gasteiger partial charge is 0.365 e. The molecule has 2 aromatic rings. The fourth-order valence-electron chi connectivity index (χ4n) is 1.27. The van der Waals surface area contributed by atoms with Gasteiger partial charge in [0.2, 0.25) is 0 Å². The molecular formula is C13H12N2S. The minimum Gasteiger partial charge on any atom is -0.365 e. The first-order valence-electron chi connectivity index (χ1n) is 5.02. The topological polar surface area (TPSA) is 24.9 Å². The van der Waals surface area contributed by atoms with Crippen LogP contribution in [0.25, 0.3) is 0 Å². The standard InChI is InChI=1S/C13H12N2S/c1-10-12(16-13(14-2)15-10)9-8-11-6-4-3-5-7-11/h3-7H,1-2H3,(H,14,15). The average Bonchev–Trinajstić information content (AvgIpc) is 2.69. The van der Waals surface area contributed by atoms with E-state index in [0.717, 1.165) is 21.3 Å². The summed E-state index contributed by atoms with van der Waals surface area (Å²) >= 11 is 1.58. The van der Waals surface area contributed by atoms with Gasteiger partial charge in [0, 0.05) is 12.6 Å². The van der Waals surface area contributed by atoms with Gasteiger partial charge in [-0.15, -0.1) is 0 Å². The Morgan fingerprint density at radius 2 is 1.94 bits per heavy atom. The lowest BCUT2D eigenvalue weighted by Crippen LogP contribution is -1.84. The van der Waals surface area contributed by atoms with Crippen LogP contribution in [0.5, 0.6) is 0 Å². The maximum atomic E-state index is 4.35. The molecule has 1 N–H and O–H groups in total. The molecule has 0 atom stereocenters. The SMILES string of the molecule is CNc1nc(C)c(C#Cc2ccccc2)s1. The van der Waals surface area contributed by atoms with Crippen molar-refractivity contribution in [3.63, 3.8) is 0 Å². The van der Waals surface area contributed by atoms with Gasteiger partial charge in [-0.25, -0.2) is 4.98 Å². The average molecular weight is 228 g/mol. The van der Waals surface area contributed by atoms with Crippen molar-refractivity contribution in [1.82, 2.24) is 4.98 Å². The Balaban J connectivity index is 2.27. The van der Waals surface area contributed by atoms with E-state index < -0.39 is 0 Å². The molecule has 1 aromatic carbocycles. The zero-order chi connectivity index (χ0) is 11.4. The first-order chi connectivity index (χ1) is 7.79. The van der Waals surface area contributed by atoms with Crippen LogP contribution in [0.1, 0.15) is 16.1 Å². The lowest BCUT2D eigenvalue weighted by Gasteiger charge is -1.86. The van der Waals surface area contributed by atoms with E-state index in [2.05, 4.69) is 22.1 Å². The molecule has 2 rings (SSSR count). The Morgan fingerprint density at radius 1 is 1.19 bits per heavy atom. The maximum Gasteiger partial charge on any atom is 0.183 e. The van der Waals surface area contributed by atoms with Gasteiger partial charge < -0.3 is 5.32 Å². The molecule has 0 bridgehead atoms. The van der Waals surface area contributed by atoms with E-state index in [0.29, 0.717) is 0 Å². The number of anilines is 1. The van der Waals surface area contributed by atoms with Crippen LogP contribution in [0.2, 0.25) is 0 Å². The fourth-order valence-corrected chi connectivity index (χ4v) is 2.04. The number of aryl methyl sites for hydroxylation is 1. The molecule has 0 aliphatic heterocycles. The Bertz CT molecular complexity index is 532. The van der Waals surface area contributed by atoms with E-state index in [-0.39, 0.29) is 0 Å². The zero-order valence-corrected chi connectivity index (χ0v) is 10.1. The lowest BCUT2D eigenvalue weighted by atomic mass is 10.2. The highest BCUT2D eigenvalue weighted by molar-refractivity contribution is 7.16. The summed E-state index contributed by atoms with van der Waals surface area (Å²) in [5.41, 5.74) is 2.01. The molecule has 0 unspecified atom stereocenters. The van der Waals surface area contributed by atoms with Crippen LogP contribution in [0.4, 0.5) is 5.13 Å². The van der Waals surface area contributed by atoms with E-state index in [1.54, 1.807) is 11.3 Å². The van der Waals surface area contributed by atoms with Crippen LogP contribution < -0.4 is 5.32 Å². The number of nitrogens with one attached hydrogen (secondary N) is 1. The Hall–Kier alpha value is -1.79. The van der Waals surface area contributed by atoms with Gasteiger partial charge in [-0.3, -0.25) is 0 Å². The number of thiazole rings is 1. The van der Waals surface area contributed by atoms with E-state index in [9.17, 15) is 0 Å². The smallest absolute Gasteiger partial charge is 0.183 e. The number of rotatable bonds is 1. The number of hydrogen-bond donors (Lipinski definition) is 1. The molecule has 0 fully saturated rings. The first kappa shape index (κ1) is 10.7. The van der Waals surface area contributed by atoms with E-state index in [1.807, 2.05) is 44.3 Å². The van der Waals surface area contributed by atoms with E-state index >= 15 is 0 Å². The summed E-state index contributed by atoms with van der Waals surface area (Å²) < 4.78 is 0. The van der Waals surface area contributed by atoms with Gasteiger partial charge in [0.05, 0.1) is 5.69 Å². The Kier molecular flexibility index (Phi) is 3.23. The number of benzene rings is 1. The molecule has 1 heterocycles. The van der Waals surface area contributed by atoms with Gasteiger partial charge in [0.25, 0.3) is 0 Å². The number of aromatic nitrogens is 1. The Labute approximate surface area is 99.4 Å². The first-order valence-corrected chi connectivity index (χ1v) is 5.83. The molecule has 2 nitrogen and oxygen atoms in total. The van der Waals surface area contributed by atoms with Crippen molar-refractivity contribution in [2.45, 2.75) is 6.92 Å². The van der Waals surface area contributed by atoms with Crippen molar-refractivity contribution in [2.24, 2.45) is 0 Å². The molecular weight excluding hydrogens is 216 g/mol.